The second kappa shape index (κ2) is 7.47. The van der Waals surface area contributed by atoms with Gasteiger partial charge in [0.25, 0.3) is 0 Å². The van der Waals surface area contributed by atoms with Gasteiger partial charge in [-0.05, 0) is 18.2 Å². The van der Waals surface area contributed by atoms with Crippen molar-refractivity contribution in [3.05, 3.63) is 34.4 Å². The van der Waals surface area contributed by atoms with Gasteiger partial charge in [0.2, 0.25) is 0 Å². The monoisotopic (exact) mass is 300 g/mol. The molecular weight excluding hydrogens is 278 g/mol. The molecule has 1 aromatic carbocycles. The fraction of sp³-hybridized carbons (Fsp3) is 0.538. The normalized spacial score (nSPS) is 13.0. The van der Waals surface area contributed by atoms with Crippen LogP contribution in [0.3, 0.4) is 0 Å². The lowest BCUT2D eigenvalue weighted by Crippen LogP contribution is -2.38. The molecule has 0 amide bonds. The highest BCUT2D eigenvalue weighted by molar-refractivity contribution is 7.99. The maximum absolute atomic E-state index is 10.4. The maximum Gasteiger partial charge on any atom is 0.322 e. The predicted molar refractivity (Wildman–Crippen MR) is 81.6 cm³/mol. The van der Waals surface area contributed by atoms with Crippen LogP contribution >= 0.6 is 11.8 Å². The van der Waals surface area contributed by atoms with Crippen molar-refractivity contribution in [2.24, 2.45) is 0 Å². The second-order valence-electron chi connectivity index (χ2n) is 5.55. The van der Waals surface area contributed by atoms with Gasteiger partial charge in [0.15, 0.2) is 0 Å². The quantitative estimate of drug-likeness (QED) is 0.250. The second-order valence-corrected chi connectivity index (χ2v) is 6.64. The van der Waals surface area contributed by atoms with Crippen LogP contribution in [-0.4, -0.2) is 60.7 Å². The molecule has 0 aromatic heterocycles. The molecule has 0 radical (unpaired) electrons. The lowest BCUT2D eigenvalue weighted by atomic mass is 10.3. The molecule has 0 saturated heterocycles. The van der Waals surface area contributed by atoms with E-state index in [0.29, 0.717) is 0 Å². The molecule has 0 aliphatic rings. The van der Waals surface area contributed by atoms with Crippen LogP contribution in [0.4, 0.5) is 5.69 Å². The Hall–Kier alpha value is -1.31. The van der Waals surface area contributed by atoms with E-state index < -0.39 is 11.2 Å². The first kappa shape index (κ1) is 16.7. The van der Waals surface area contributed by atoms with Crippen molar-refractivity contribution in [1.29, 1.82) is 0 Å². The van der Waals surface area contributed by atoms with E-state index in [1.165, 1.54) is 11.8 Å². The molecule has 1 rings (SSSR count). The van der Waals surface area contributed by atoms with Gasteiger partial charge >= 0.3 is 6.23 Å². The molecule has 1 aromatic rings. The van der Waals surface area contributed by atoms with Gasteiger partial charge in [0, 0.05) is 10.6 Å². The van der Waals surface area contributed by atoms with Gasteiger partial charge in [0.05, 0.1) is 44.9 Å². The molecule has 20 heavy (non-hydrogen) atoms. The highest BCUT2D eigenvalue weighted by Gasteiger charge is 2.15. The molecule has 2 N–H and O–H groups in total. The van der Waals surface area contributed by atoms with Crippen LogP contribution < -0.4 is 5.32 Å². The van der Waals surface area contributed by atoms with Crippen LogP contribution in [0.25, 0.3) is 0 Å². The Bertz CT molecular complexity index is 449. The SMILES string of the molecule is C[N+](C)(C)CCNc1cccc(SCC(O)[N+](=O)[O-])c1. The minimum Gasteiger partial charge on any atom is -0.379 e. The molecule has 112 valence electrons. The number of nitrogens with zero attached hydrogens (tertiary/aromatic N) is 2. The molecule has 0 spiro atoms. The number of hydrogen-bond donors (Lipinski definition) is 2. The topological polar surface area (TPSA) is 75.4 Å². The number of rotatable bonds is 8. The molecule has 1 unspecified atom stereocenters. The predicted octanol–water partition coefficient (Wildman–Crippen LogP) is 1.49. The third kappa shape index (κ3) is 6.74. The van der Waals surface area contributed by atoms with Crippen molar-refractivity contribution < 1.29 is 14.5 Å². The first-order valence-electron chi connectivity index (χ1n) is 6.37. The van der Waals surface area contributed by atoms with E-state index >= 15 is 0 Å². The largest absolute Gasteiger partial charge is 0.379 e. The number of hydrogen-bond acceptors (Lipinski definition) is 5. The van der Waals surface area contributed by atoms with Crippen molar-refractivity contribution in [1.82, 2.24) is 0 Å². The summed E-state index contributed by atoms with van der Waals surface area (Å²) < 4.78 is 0.885. The fourth-order valence-corrected chi connectivity index (χ4v) is 2.31. The van der Waals surface area contributed by atoms with Gasteiger partial charge < -0.3 is 14.9 Å². The highest BCUT2D eigenvalue weighted by Crippen LogP contribution is 2.22. The molecular formula is C13H22N3O3S+. The number of likely N-dealkylation sites (N-methyl/N-ethyl adjacent to an activating group) is 1. The summed E-state index contributed by atoms with van der Waals surface area (Å²) in [6.45, 7) is 1.85. The Balaban J connectivity index is 2.47. The highest BCUT2D eigenvalue weighted by atomic mass is 32.2. The van der Waals surface area contributed by atoms with Crippen LogP contribution in [0.1, 0.15) is 0 Å². The number of anilines is 1. The zero-order valence-electron chi connectivity index (χ0n) is 12.1. The van der Waals surface area contributed by atoms with E-state index in [1.807, 2.05) is 24.3 Å². The van der Waals surface area contributed by atoms with Crippen LogP contribution in [0.2, 0.25) is 0 Å². The number of nitro groups is 1. The van der Waals surface area contributed by atoms with Crippen molar-refractivity contribution >= 4 is 17.4 Å². The molecule has 6 nitrogen and oxygen atoms in total. The summed E-state index contributed by atoms with van der Waals surface area (Å²) in [4.78, 5) is 10.6. The third-order valence-corrected chi connectivity index (χ3v) is 3.64. The Morgan fingerprint density at radius 2 is 2.15 bits per heavy atom. The van der Waals surface area contributed by atoms with Crippen molar-refractivity contribution in [2.45, 2.75) is 11.1 Å². The average molecular weight is 300 g/mol. The van der Waals surface area contributed by atoms with E-state index in [-0.39, 0.29) is 5.75 Å². The van der Waals surface area contributed by atoms with Gasteiger partial charge in [-0.2, -0.15) is 0 Å². The Kier molecular flexibility index (Phi) is 6.25. The first-order chi connectivity index (χ1) is 9.28. The van der Waals surface area contributed by atoms with Crippen LogP contribution in [0.15, 0.2) is 29.2 Å². The number of aliphatic hydroxyl groups is 1. The van der Waals surface area contributed by atoms with Gasteiger partial charge in [-0.1, -0.05) is 6.07 Å². The van der Waals surface area contributed by atoms with E-state index in [2.05, 4.69) is 26.5 Å². The van der Waals surface area contributed by atoms with Gasteiger partial charge in [-0.15, -0.1) is 11.8 Å². The van der Waals surface area contributed by atoms with E-state index in [1.54, 1.807) is 0 Å². The molecule has 0 aliphatic heterocycles. The van der Waals surface area contributed by atoms with Gasteiger partial charge in [-0.25, -0.2) is 0 Å². The molecule has 0 bridgehead atoms. The summed E-state index contributed by atoms with van der Waals surface area (Å²) in [5, 5.41) is 22.8. The molecule has 0 fully saturated rings. The maximum atomic E-state index is 10.4. The fourth-order valence-electron chi connectivity index (χ4n) is 1.46. The molecule has 1 atom stereocenters. The summed E-state index contributed by atoms with van der Waals surface area (Å²) in [5.74, 6) is 0.0509. The van der Waals surface area contributed by atoms with E-state index in [9.17, 15) is 10.1 Å². The zero-order chi connectivity index (χ0) is 15.2. The van der Waals surface area contributed by atoms with Gasteiger partial charge in [0.1, 0.15) is 0 Å². The summed E-state index contributed by atoms with van der Waals surface area (Å²) in [5.41, 5.74) is 0.985. The molecule has 7 heteroatoms. The lowest BCUT2D eigenvalue weighted by molar-refractivity contribution is -0.868. The third-order valence-electron chi connectivity index (χ3n) is 2.59. The summed E-state index contributed by atoms with van der Waals surface area (Å²) in [6.07, 6.45) is -1.52. The van der Waals surface area contributed by atoms with Crippen molar-refractivity contribution in [3.63, 3.8) is 0 Å². The number of aliphatic hydroxyl groups excluding tert-OH is 1. The standard InChI is InChI=1S/C13H22N3O3S/c1-16(2,3)8-7-14-11-5-4-6-12(9-11)20-10-13(17)15(18)19/h4-6,9,13-14,17H,7-8,10H2,1-3H3/q+1. The number of thioether (sulfide) groups is 1. The summed E-state index contributed by atoms with van der Waals surface area (Å²) >= 11 is 1.27. The molecule has 0 aliphatic carbocycles. The Morgan fingerprint density at radius 3 is 2.75 bits per heavy atom. The molecule has 0 heterocycles. The average Bonchev–Trinajstić information content (AvgIpc) is 2.34. The van der Waals surface area contributed by atoms with Crippen LogP contribution in [-0.2, 0) is 0 Å². The number of quaternary nitrogens is 1. The smallest absolute Gasteiger partial charge is 0.322 e. The minimum atomic E-state index is -1.52. The van der Waals surface area contributed by atoms with Crippen molar-refractivity contribution in [3.8, 4) is 0 Å². The Labute approximate surface area is 123 Å². The zero-order valence-corrected chi connectivity index (χ0v) is 12.9. The number of benzene rings is 1. The van der Waals surface area contributed by atoms with E-state index in [4.69, 9.17) is 5.11 Å². The number of nitrogens with one attached hydrogen (secondary N) is 1. The van der Waals surface area contributed by atoms with Crippen LogP contribution in [0.5, 0.6) is 0 Å². The Morgan fingerprint density at radius 1 is 1.45 bits per heavy atom. The lowest BCUT2D eigenvalue weighted by Gasteiger charge is -2.24. The van der Waals surface area contributed by atoms with E-state index in [0.717, 1.165) is 28.2 Å². The molecule has 0 saturated carbocycles. The summed E-state index contributed by atoms with van der Waals surface area (Å²) in [7, 11) is 6.40. The van der Waals surface area contributed by atoms with Crippen LogP contribution in [0, 0.1) is 10.1 Å². The summed E-state index contributed by atoms with van der Waals surface area (Å²) in [6, 6.07) is 7.67. The van der Waals surface area contributed by atoms with Gasteiger partial charge in [-0.3, -0.25) is 10.1 Å². The minimum absolute atomic E-state index is 0.0509. The first-order valence-corrected chi connectivity index (χ1v) is 7.35. The van der Waals surface area contributed by atoms with Crippen molar-refractivity contribution in [2.75, 3.05) is 45.3 Å².